The number of rotatable bonds is 4. The predicted octanol–water partition coefficient (Wildman–Crippen LogP) is 1.86. The number of anilines is 1. The number of benzene rings is 1. The lowest BCUT2D eigenvalue weighted by Crippen LogP contribution is -2.20. The summed E-state index contributed by atoms with van der Waals surface area (Å²) in [6.45, 7) is 4.73. The van der Waals surface area contributed by atoms with Crippen LogP contribution in [0.25, 0.3) is 0 Å². The largest absolute Gasteiger partial charge is 0.486 e. The van der Waals surface area contributed by atoms with Crippen LogP contribution in [0.15, 0.2) is 18.2 Å². The summed E-state index contributed by atoms with van der Waals surface area (Å²) in [4.78, 5) is 0. The lowest BCUT2D eigenvalue weighted by atomic mass is 10.3. The predicted molar refractivity (Wildman–Crippen MR) is 69.7 cm³/mol. The molecule has 6 heteroatoms. The minimum atomic E-state index is -3.31. The second-order valence-electron chi connectivity index (χ2n) is 4.64. The second-order valence-corrected chi connectivity index (χ2v) is 6.40. The Kier molecular flexibility index (Phi) is 3.65. The molecule has 1 aliphatic heterocycles. The smallest absolute Gasteiger partial charge is 0.232 e. The Morgan fingerprint density at radius 1 is 1.22 bits per heavy atom. The van der Waals surface area contributed by atoms with Crippen molar-refractivity contribution < 1.29 is 17.9 Å². The summed E-state index contributed by atoms with van der Waals surface area (Å²) in [6, 6.07) is 5.03. The molecule has 0 amide bonds. The molecule has 100 valence electrons. The Bertz CT molecular complexity index is 525. The first-order chi connectivity index (χ1) is 8.46. The molecule has 0 unspecified atom stereocenters. The zero-order valence-corrected chi connectivity index (χ0v) is 11.3. The highest BCUT2D eigenvalue weighted by atomic mass is 32.2. The summed E-state index contributed by atoms with van der Waals surface area (Å²) < 4.78 is 36.9. The monoisotopic (exact) mass is 271 g/mol. The van der Waals surface area contributed by atoms with Gasteiger partial charge in [0.1, 0.15) is 13.2 Å². The van der Waals surface area contributed by atoms with Crippen LogP contribution in [-0.4, -0.2) is 27.4 Å². The molecule has 1 aromatic rings. The first-order valence-electron chi connectivity index (χ1n) is 5.86. The van der Waals surface area contributed by atoms with Crippen molar-refractivity contribution >= 4 is 15.7 Å². The van der Waals surface area contributed by atoms with Crippen LogP contribution in [-0.2, 0) is 10.0 Å². The average Bonchev–Trinajstić information content (AvgIpc) is 2.26. The summed E-state index contributed by atoms with van der Waals surface area (Å²) in [7, 11) is -3.31. The van der Waals surface area contributed by atoms with E-state index in [9.17, 15) is 8.42 Å². The van der Waals surface area contributed by atoms with Crippen molar-refractivity contribution in [2.24, 2.45) is 5.92 Å². The Balaban J connectivity index is 2.15. The van der Waals surface area contributed by atoms with Gasteiger partial charge in [-0.3, -0.25) is 4.72 Å². The molecule has 0 atom stereocenters. The molecule has 2 rings (SSSR count). The Labute approximate surface area is 107 Å². The minimum Gasteiger partial charge on any atom is -0.486 e. The third-order valence-corrected chi connectivity index (χ3v) is 4.02. The van der Waals surface area contributed by atoms with Crippen LogP contribution in [0, 0.1) is 5.92 Å². The Morgan fingerprint density at radius 2 is 1.89 bits per heavy atom. The summed E-state index contributed by atoms with van der Waals surface area (Å²) in [5.74, 6) is 1.40. The van der Waals surface area contributed by atoms with E-state index in [1.165, 1.54) is 0 Å². The van der Waals surface area contributed by atoms with Gasteiger partial charge in [0.15, 0.2) is 11.5 Å². The van der Waals surface area contributed by atoms with E-state index in [1.54, 1.807) is 18.2 Å². The van der Waals surface area contributed by atoms with Crippen molar-refractivity contribution in [3.05, 3.63) is 18.2 Å². The maximum absolute atomic E-state index is 11.8. The second kappa shape index (κ2) is 5.06. The third-order valence-electron chi connectivity index (χ3n) is 2.37. The van der Waals surface area contributed by atoms with E-state index < -0.39 is 10.0 Å². The Hall–Kier alpha value is -1.43. The number of hydrogen-bond acceptors (Lipinski definition) is 4. The van der Waals surface area contributed by atoms with E-state index in [4.69, 9.17) is 9.47 Å². The molecule has 1 aromatic carbocycles. The summed E-state index contributed by atoms with van der Waals surface area (Å²) >= 11 is 0. The van der Waals surface area contributed by atoms with Crippen LogP contribution in [0.1, 0.15) is 13.8 Å². The molecular formula is C12H17NO4S. The van der Waals surface area contributed by atoms with Gasteiger partial charge in [-0.25, -0.2) is 8.42 Å². The average molecular weight is 271 g/mol. The molecule has 0 aromatic heterocycles. The molecule has 1 aliphatic rings. The highest BCUT2D eigenvalue weighted by molar-refractivity contribution is 7.92. The van der Waals surface area contributed by atoms with Crippen LogP contribution in [0.2, 0.25) is 0 Å². The molecule has 1 heterocycles. The molecule has 0 bridgehead atoms. The van der Waals surface area contributed by atoms with E-state index in [0.717, 1.165) is 0 Å². The molecule has 0 aliphatic carbocycles. The van der Waals surface area contributed by atoms with Crippen LogP contribution < -0.4 is 14.2 Å². The molecule has 18 heavy (non-hydrogen) atoms. The summed E-state index contributed by atoms with van der Waals surface area (Å²) in [5, 5.41) is 0. The fourth-order valence-corrected chi connectivity index (χ4v) is 3.21. The van der Waals surface area contributed by atoms with Gasteiger partial charge < -0.3 is 9.47 Å². The topological polar surface area (TPSA) is 64.6 Å². The van der Waals surface area contributed by atoms with Gasteiger partial charge >= 0.3 is 0 Å². The van der Waals surface area contributed by atoms with E-state index in [0.29, 0.717) is 30.4 Å². The minimum absolute atomic E-state index is 0.0831. The zero-order chi connectivity index (χ0) is 13.2. The highest BCUT2D eigenvalue weighted by Crippen LogP contribution is 2.32. The SMILES string of the molecule is CC(C)CS(=O)(=O)Nc1ccc2c(c1)OCCO2. The fourth-order valence-electron chi connectivity index (χ4n) is 1.77. The molecule has 0 radical (unpaired) electrons. The van der Waals surface area contributed by atoms with Gasteiger partial charge in [-0.15, -0.1) is 0 Å². The van der Waals surface area contributed by atoms with Gasteiger partial charge in [-0.2, -0.15) is 0 Å². The summed E-state index contributed by atoms with van der Waals surface area (Å²) in [5.41, 5.74) is 0.500. The van der Waals surface area contributed by atoms with Gasteiger partial charge in [-0.05, 0) is 18.1 Å². The van der Waals surface area contributed by atoms with Crippen molar-refractivity contribution in [1.82, 2.24) is 0 Å². The van der Waals surface area contributed by atoms with Crippen LogP contribution in [0.4, 0.5) is 5.69 Å². The van der Waals surface area contributed by atoms with Crippen LogP contribution in [0.5, 0.6) is 11.5 Å². The molecule has 0 spiro atoms. The van der Waals surface area contributed by atoms with Crippen LogP contribution >= 0.6 is 0 Å². The number of hydrogen-bond donors (Lipinski definition) is 1. The van der Waals surface area contributed by atoms with E-state index in [-0.39, 0.29) is 11.7 Å². The van der Waals surface area contributed by atoms with Gasteiger partial charge in [0.25, 0.3) is 0 Å². The van der Waals surface area contributed by atoms with Gasteiger partial charge in [0, 0.05) is 6.07 Å². The third kappa shape index (κ3) is 3.29. The molecule has 0 fully saturated rings. The van der Waals surface area contributed by atoms with E-state index in [1.807, 2.05) is 13.8 Å². The van der Waals surface area contributed by atoms with Crippen molar-refractivity contribution in [1.29, 1.82) is 0 Å². The normalized spacial score (nSPS) is 14.6. The zero-order valence-electron chi connectivity index (χ0n) is 10.5. The molecule has 1 N–H and O–H groups in total. The van der Waals surface area contributed by atoms with Gasteiger partial charge in [-0.1, -0.05) is 13.8 Å². The number of sulfonamides is 1. The van der Waals surface area contributed by atoms with Crippen molar-refractivity contribution in [3.8, 4) is 11.5 Å². The van der Waals surface area contributed by atoms with Gasteiger partial charge in [0.05, 0.1) is 11.4 Å². The lowest BCUT2D eigenvalue weighted by molar-refractivity contribution is 0.171. The number of fused-ring (bicyclic) bond motifs is 1. The fraction of sp³-hybridized carbons (Fsp3) is 0.500. The van der Waals surface area contributed by atoms with E-state index in [2.05, 4.69) is 4.72 Å². The Morgan fingerprint density at radius 3 is 2.56 bits per heavy atom. The van der Waals surface area contributed by atoms with E-state index >= 15 is 0 Å². The van der Waals surface area contributed by atoms with Crippen molar-refractivity contribution in [2.45, 2.75) is 13.8 Å². The van der Waals surface area contributed by atoms with Crippen LogP contribution in [0.3, 0.4) is 0 Å². The van der Waals surface area contributed by atoms with Gasteiger partial charge in [0.2, 0.25) is 10.0 Å². The summed E-state index contributed by atoms with van der Waals surface area (Å²) in [6.07, 6.45) is 0. The molecule has 5 nitrogen and oxygen atoms in total. The maximum atomic E-state index is 11.8. The molecule has 0 saturated heterocycles. The quantitative estimate of drug-likeness (QED) is 0.907. The van der Waals surface area contributed by atoms with Crippen molar-refractivity contribution in [3.63, 3.8) is 0 Å². The first kappa shape index (κ1) is 13.0. The first-order valence-corrected chi connectivity index (χ1v) is 7.51. The highest BCUT2D eigenvalue weighted by Gasteiger charge is 2.16. The number of ether oxygens (including phenoxy) is 2. The molecular weight excluding hydrogens is 254 g/mol. The standard InChI is InChI=1S/C12H17NO4S/c1-9(2)8-18(14,15)13-10-3-4-11-12(7-10)17-6-5-16-11/h3-4,7,9,13H,5-6,8H2,1-2H3. The van der Waals surface area contributed by atoms with Crippen molar-refractivity contribution in [2.75, 3.05) is 23.7 Å². The molecule has 0 saturated carbocycles. The maximum Gasteiger partial charge on any atom is 0.232 e. The lowest BCUT2D eigenvalue weighted by Gasteiger charge is -2.19. The number of nitrogens with one attached hydrogen (secondary N) is 1.